The number of rotatable bonds is 7. The van der Waals surface area contributed by atoms with Crippen LogP contribution in [0.15, 0.2) is 71.6 Å². The molecule has 3 amide bonds. The molecule has 0 radical (unpaired) electrons. The van der Waals surface area contributed by atoms with Gasteiger partial charge < -0.3 is 15.0 Å². The first kappa shape index (κ1) is 24.7. The molecule has 7 nitrogen and oxygen atoms in total. The van der Waals surface area contributed by atoms with Gasteiger partial charge in [-0.05, 0) is 79.4 Å². The molecule has 174 valence electrons. The molecule has 0 bridgehead atoms. The Bertz CT molecular complexity index is 1220. The van der Waals surface area contributed by atoms with E-state index >= 15 is 0 Å². The van der Waals surface area contributed by atoms with Crippen LogP contribution >= 0.6 is 11.9 Å². The SMILES string of the molecule is CC(C)NC(=O)NSc1cc(C#N)ccc1Oc1cccc(-c2ccc(C(=O)N(C)C)cc2)c1. The highest BCUT2D eigenvalue weighted by molar-refractivity contribution is 7.98. The molecule has 0 heterocycles. The van der Waals surface area contributed by atoms with Crippen molar-refractivity contribution in [3.63, 3.8) is 0 Å². The van der Waals surface area contributed by atoms with Crippen molar-refractivity contribution in [2.24, 2.45) is 0 Å². The van der Waals surface area contributed by atoms with Crippen LogP contribution < -0.4 is 14.8 Å². The summed E-state index contributed by atoms with van der Waals surface area (Å²) in [6.45, 7) is 3.74. The van der Waals surface area contributed by atoms with E-state index in [-0.39, 0.29) is 18.0 Å². The van der Waals surface area contributed by atoms with Crippen LogP contribution in [0.1, 0.15) is 29.8 Å². The van der Waals surface area contributed by atoms with Gasteiger partial charge in [-0.3, -0.25) is 9.52 Å². The van der Waals surface area contributed by atoms with Crippen LogP contribution in [-0.2, 0) is 0 Å². The summed E-state index contributed by atoms with van der Waals surface area (Å²) in [5, 5.41) is 12.0. The molecule has 3 aromatic rings. The highest BCUT2D eigenvalue weighted by Crippen LogP contribution is 2.34. The van der Waals surface area contributed by atoms with Gasteiger partial charge in [-0.1, -0.05) is 24.3 Å². The molecule has 8 heteroatoms. The third-order valence-corrected chi connectivity index (χ3v) is 5.51. The number of nitrogens with one attached hydrogen (secondary N) is 2. The number of nitriles is 1. The summed E-state index contributed by atoms with van der Waals surface area (Å²) in [5.74, 6) is 1.06. The smallest absolute Gasteiger partial charge is 0.325 e. The van der Waals surface area contributed by atoms with Crippen LogP contribution in [-0.4, -0.2) is 37.0 Å². The molecular weight excluding hydrogens is 448 g/mol. The van der Waals surface area contributed by atoms with E-state index in [0.717, 1.165) is 23.1 Å². The molecule has 2 N–H and O–H groups in total. The first-order valence-corrected chi connectivity index (χ1v) is 11.5. The van der Waals surface area contributed by atoms with Gasteiger partial charge in [0.2, 0.25) is 0 Å². The average molecular weight is 475 g/mol. The summed E-state index contributed by atoms with van der Waals surface area (Å²) >= 11 is 1.08. The molecule has 0 aliphatic carbocycles. The van der Waals surface area contributed by atoms with Crippen LogP contribution in [0.3, 0.4) is 0 Å². The maximum Gasteiger partial charge on any atom is 0.325 e. The fraction of sp³-hybridized carbons (Fsp3) is 0.192. The predicted molar refractivity (Wildman–Crippen MR) is 134 cm³/mol. The van der Waals surface area contributed by atoms with Crippen LogP contribution in [0.5, 0.6) is 11.5 Å². The average Bonchev–Trinajstić information content (AvgIpc) is 2.82. The van der Waals surface area contributed by atoms with Gasteiger partial charge in [0.1, 0.15) is 11.5 Å². The maximum atomic E-state index is 12.1. The minimum Gasteiger partial charge on any atom is -0.456 e. The fourth-order valence-corrected chi connectivity index (χ4v) is 3.72. The second-order valence-electron chi connectivity index (χ2n) is 8.01. The molecule has 0 aliphatic rings. The Labute approximate surface area is 203 Å². The third-order valence-electron chi connectivity index (χ3n) is 4.68. The zero-order chi connectivity index (χ0) is 24.7. The van der Waals surface area contributed by atoms with Crippen molar-refractivity contribution in [1.82, 2.24) is 14.9 Å². The number of amides is 3. The van der Waals surface area contributed by atoms with Crippen molar-refractivity contribution in [3.8, 4) is 28.7 Å². The molecule has 3 aromatic carbocycles. The lowest BCUT2D eigenvalue weighted by molar-refractivity contribution is 0.0827. The van der Waals surface area contributed by atoms with Crippen molar-refractivity contribution in [1.29, 1.82) is 5.26 Å². The Hall–Kier alpha value is -3.96. The van der Waals surface area contributed by atoms with Crippen molar-refractivity contribution in [2.45, 2.75) is 24.8 Å². The highest BCUT2D eigenvalue weighted by atomic mass is 32.2. The summed E-state index contributed by atoms with van der Waals surface area (Å²) in [4.78, 5) is 26.3. The second-order valence-corrected chi connectivity index (χ2v) is 8.86. The Morgan fingerprint density at radius 1 is 1.00 bits per heavy atom. The quantitative estimate of drug-likeness (QED) is 0.445. The number of carbonyl (C=O) groups excluding carboxylic acids is 2. The predicted octanol–water partition coefficient (Wildman–Crippen LogP) is 5.43. The Morgan fingerprint density at radius 2 is 1.74 bits per heavy atom. The number of ether oxygens (including phenoxy) is 1. The molecule has 0 saturated heterocycles. The lowest BCUT2D eigenvalue weighted by Crippen LogP contribution is -2.36. The Kier molecular flexibility index (Phi) is 8.17. The number of carbonyl (C=O) groups is 2. The van der Waals surface area contributed by atoms with Gasteiger partial charge in [0.15, 0.2) is 0 Å². The molecule has 0 saturated carbocycles. The van der Waals surface area contributed by atoms with Gasteiger partial charge in [-0.25, -0.2) is 4.79 Å². The van der Waals surface area contributed by atoms with Gasteiger partial charge >= 0.3 is 6.03 Å². The van der Waals surface area contributed by atoms with Gasteiger partial charge in [-0.2, -0.15) is 5.26 Å². The summed E-state index contributed by atoms with van der Waals surface area (Å²) in [6.07, 6.45) is 0. The summed E-state index contributed by atoms with van der Waals surface area (Å²) in [6, 6.07) is 21.8. The number of hydrogen-bond acceptors (Lipinski definition) is 5. The molecule has 0 unspecified atom stereocenters. The summed E-state index contributed by atoms with van der Waals surface area (Å²) in [7, 11) is 3.44. The number of hydrogen-bond donors (Lipinski definition) is 2. The van der Waals surface area contributed by atoms with E-state index < -0.39 is 0 Å². The monoisotopic (exact) mass is 474 g/mol. The van der Waals surface area contributed by atoms with E-state index in [9.17, 15) is 14.9 Å². The summed E-state index contributed by atoms with van der Waals surface area (Å²) < 4.78 is 8.83. The standard InChI is InChI=1S/C26H26N4O3S/c1-17(2)28-26(32)29-34-24-14-18(16-27)8-13-23(24)33-22-7-5-6-21(15-22)19-9-11-20(12-10-19)25(31)30(3)4/h5-15,17H,1-4H3,(H2,28,29,32). The van der Waals surface area contributed by atoms with Crippen molar-refractivity contribution >= 4 is 23.9 Å². The molecule has 3 rings (SSSR count). The first-order valence-electron chi connectivity index (χ1n) is 10.6. The molecular formula is C26H26N4O3S. The van der Waals surface area contributed by atoms with E-state index in [1.54, 1.807) is 44.4 Å². The fourth-order valence-electron chi connectivity index (χ4n) is 3.06. The second kappa shape index (κ2) is 11.3. The molecule has 0 spiro atoms. The first-order chi connectivity index (χ1) is 16.3. The van der Waals surface area contributed by atoms with Gasteiger partial charge in [0, 0.05) is 25.7 Å². The van der Waals surface area contributed by atoms with Crippen LogP contribution in [0.4, 0.5) is 4.79 Å². The van der Waals surface area contributed by atoms with Crippen LogP contribution in [0.25, 0.3) is 11.1 Å². The minimum atomic E-state index is -0.327. The van der Waals surface area contributed by atoms with Gasteiger partial charge in [0.05, 0.1) is 16.5 Å². The Balaban J connectivity index is 1.81. The molecule has 0 atom stereocenters. The van der Waals surface area contributed by atoms with E-state index in [2.05, 4.69) is 16.1 Å². The van der Waals surface area contributed by atoms with E-state index in [4.69, 9.17) is 4.74 Å². The van der Waals surface area contributed by atoms with Gasteiger partial charge in [-0.15, -0.1) is 0 Å². The Morgan fingerprint density at radius 3 is 2.38 bits per heavy atom. The normalized spacial score (nSPS) is 10.4. The maximum absolute atomic E-state index is 12.1. The van der Waals surface area contributed by atoms with Crippen LogP contribution in [0.2, 0.25) is 0 Å². The van der Waals surface area contributed by atoms with E-state index in [0.29, 0.717) is 27.5 Å². The lowest BCUT2D eigenvalue weighted by Gasteiger charge is -2.14. The summed E-state index contributed by atoms with van der Waals surface area (Å²) in [5.41, 5.74) is 2.96. The lowest BCUT2D eigenvalue weighted by atomic mass is 10.0. The van der Waals surface area contributed by atoms with E-state index in [1.807, 2.05) is 50.2 Å². The number of benzene rings is 3. The number of urea groups is 1. The molecule has 34 heavy (non-hydrogen) atoms. The zero-order valence-electron chi connectivity index (χ0n) is 19.5. The van der Waals surface area contributed by atoms with Crippen molar-refractivity contribution in [2.75, 3.05) is 14.1 Å². The van der Waals surface area contributed by atoms with Crippen LogP contribution in [0, 0.1) is 11.3 Å². The van der Waals surface area contributed by atoms with Crippen molar-refractivity contribution in [3.05, 3.63) is 77.9 Å². The highest BCUT2D eigenvalue weighted by Gasteiger charge is 2.12. The molecule has 0 aliphatic heterocycles. The third kappa shape index (κ3) is 6.53. The zero-order valence-corrected chi connectivity index (χ0v) is 20.3. The van der Waals surface area contributed by atoms with Crippen molar-refractivity contribution < 1.29 is 14.3 Å². The minimum absolute atomic E-state index is 0.000397. The topological polar surface area (TPSA) is 94.5 Å². The number of nitrogens with zero attached hydrogens (tertiary/aromatic N) is 2. The van der Waals surface area contributed by atoms with Gasteiger partial charge in [0.25, 0.3) is 5.91 Å². The largest absolute Gasteiger partial charge is 0.456 e. The molecule has 0 fully saturated rings. The molecule has 0 aromatic heterocycles. The van der Waals surface area contributed by atoms with E-state index in [1.165, 1.54) is 4.90 Å².